The summed E-state index contributed by atoms with van der Waals surface area (Å²) >= 11 is 0. The molecule has 1 radical (unpaired) electrons. The lowest BCUT2D eigenvalue weighted by Crippen LogP contribution is -2.07. The largest absolute Gasteiger partial charge is 0.0654 e. The molecule has 0 nitrogen and oxygen atoms in total. The van der Waals surface area contributed by atoms with Gasteiger partial charge in [0, 0.05) is 0 Å². The van der Waals surface area contributed by atoms with Crippen LogP contribution in [0.2, 0.25) is 0 Å². The monoisotopic (exact) mass is 295 g/mol. The van der Waals surface area contributed by atoms with E-state index in [1.165, 1.54) is 89.9 Å². The van der Waals surface area contributed by atoms with Gasteiger partial charge in [0.2, 0.25) is 0 Å². The van der Waals surface area contributed by atoms with E-state index in [0.717, 1.165) is 11.8 Å². The third-order valence-corrected chi connectivity index (χ3v) is 4.82. The van der Waals surface area contributed by atoms with Gasteiger partial charge in [-0.2, -0.15) is 0 Å². The zero-order valence-corrected chi connectivity index (χ0v) is 15.6. The van der Waals surface area contributed by atoms with Crippen LogP contribution in [0.4, 0.5) is 0 Å². The number of unbranched alkanes of at least 4 members (excludes halogenated alkanes) is 9. The van der Waals surface area contributed by atoms with E-state index in [4.69, 9.17) is 0 Å². The number of hydrogen-bond acceptors (Lipinski definition) is 0. The molecule has 127 valence electrons. The van der Waals surface area contributed by atoms with Crippen LogP contribution >= 0.6 is 0 Å². The van der Waals surface area contributed by atoms with Crippen molar-refractivity contribution in [1.82, 2.24) is 0 Å². The first-order valence-corrected chi connectivity index (χ1v) is 10.1. The van der Waals surface area contributed by atoms with Crippen molar-refractivity contribution in [3.05, 3.63) is 6.42 Å². The predicted octanol–water partition coefficient (Wildman–Crippen LogP) is 7.96. The molecule has 0 bridgehead atoms. The standard InChI is InChI=1S/C21H43/c1-5-8-10-12-14-15-17-20(4)19-21(7-3)18-16-13-11-9-6-2/h19-21H,5-18H2,1-4H3. The lowest BCUT2D eigenvalue weighted by molar-refractivity contribution is 0.421. The summed E-state index contributed by atoms with van der Waals surface area (Å²) in [5.41, 5.74) is 0. The van der Waals surface area contributed by atoms with Crippen molar-refractivity contribution in [3.63, 3.8) is 0 Å². The molecule has 0 saturated heterocycles. The van der Waals surface area contributed by atoms with E-state index in [0.29, 0.717) is 0 Å². The van der Waals surface area contributed by atoms with Crippen molar-refractivity contribution in [2.24, 2.45) is 11.8 Å². The molecular formula is C21H43. The second-order valence-corrected chi connectivity index (χ2v) is 7.10. The number of rotatable bonds is 16. The van der Waals surface area contributed by atoms with E-state index in [9.17, 15) is 0 Å². The molecule has 0 aromatic heterocycles. The van der Waals surface area contributed by atoms with Gasteiger partial charge in [-0.1, -0.05) is 118 Å². The second kappa shape index (κ2) is 16.4. The molecule has 21 heavy (non-hydrogen) atoms. The average Bonchev–Trinajstić information content (AvgIpc) is 2.49. The van der Waals surface area contributed by atoms with E-state index in [-0.39, 0.29) is 0 Å². The molecule has 0 fully saturated rings. The maximum atomic E-state index is 2.67. The van der Waals surface area contributed by atoms with E-state index >= 15 is 0 Å². The Morgan fingerprint density at radius 3 is 1.62 bits per heavy atom. The van der Waals surface area contributed by atoms with Crippen LogP contribution in [0.25, 0.3) is 0 Å². The summed E-state index contributed by atoms with van der Waals surface area (Å²) in [7, 11) is 0. The van der Waals surface area contributed by atoms with Crippen molar-refractivity contribution >= 4 is 0 Å². The summed E-state index contributed by atoms with van der Waals surface area (Å²) in [5.74, 6) is 1.71. The van der Waals surface area contributed by atoms with E-state index < -0.39 is 0 Å². The molecule has 0 saturated carbocycles. The van der Waals surface area contributed by atoms with Gasteiger partial charge in [-0.15, -0.1) is 0 Å². The highest BCUT2D eigenvalue weighted by Crippen LogP contribution is 2.24. The molecule has 0 N–H and O–H groups in total. The Morgan fingerprint density at radius 1 is 0.619 bits per heavy atom. The van der Waals surface area contributed by atoms with E-state index in [1.54, 1.807) is 0 Å². The van der Waals surface area contributed by atoms with Crippen molar-refractivity contribution in [2.75, 3.05) is 0 Å². The van der Waals surface area contributed by atoms with Crippen LogP contribution in [0.3, 0.4) is 0 Å². The van der Waals surface area contributed by atoms with Gasteiger partial charge in [0.1, 0.15) is 0 Å². The van der Waals surface area contributed by atoms with Gasteiger partial charge < -0.3 is 0 Å². The Bertz CT molecular complexity index is 184. The van der Waals surface area contributed by atoms with Crippen LogP contribution in [0, 0.1) is 18.3 Å². The molecule has 0 aromatic rings. The molecule has 0 amide bonds. The minimum Gasteiger partial charge on any atom is -0.0654 e. The van der Waals surface area contributed by atoms with Gasteiger partial charge in [0.15, 0.2) is 0 Å². The van der Waals surface area contributed by atoms with Gasteiger partial charge in [-0.05, 0) is 18.3 Å². The molecule has 0 rings (SSSR count). The highest BCUT2D eigenvalue weighted by atomic mass is 14.2. The Kier molecular flexibility index (Phi) is 16.4. The lowest BCUT2D eigenvalue weighted by atomic mass is 9.86. The van der Waals surface area contributed by atoms with Crippen molar-refractivity contribution in [1.29, 1.82) is 0 Å². The third-order valence-electron chi connectivity index (χ3n) is 4.82. The van der Waals surface area contributed by atoms with Crippen LogP contribution < -0.4 is 0 Å². The van der Waals surface area contributed by atoms with Crippen LogP contribution in [-0.2, 0) is 0 Å². The highest BCUT2D eigenvalue weighted by Gasteiger charge is 2.11. The molecule has 0 aliphatic heterocycles. The molecule has 2 unspecified atom stereocenters. The predicted molar refractivity (Wildman–Crippen MR) is 98.6 cm³/mol. The molecule has 0 aliphatic rings. The van der Waals surface area contributed by atoms with E-state index in [1.807, 2.05) is 0 Å². The SMILES string of the molecule is CCCCCCCCC(C)[CH]C(CC)CCCCCCC. The summed E-state index contributed by atoms with van der Waals surface area (Å²) in [6.45, 7) is 9.40. The molecule has 0 aromatic carbocycles. The smallest absolute Gasteiger partial charge is 0.0327 e. The summed E-state index contributed by atoms with van der Waals surface area (Å²) in [6.07, 6.45) is 22.6. The highest BCUT2D eigenvalue weighted by molar-refractivity contribution is 4.80. The molecule has 2 atom stereocenters. The van der Waals surface area contributed by atoms with Gasteiger partial charge in [0.05, 0.1) is 0 Å². The summed E-state index contributed by atoms with van der Waals surface area (Å²) in [5, 5.41) is 0. The zero-order chi connectivity index (χ0) is 15.8. The van der Waals surface area contributed by atoms with E-state index in [2.05, 4.69) is 34.1 Å². The van der Waals surface area contributed by atoms with Gasteiger partial charge in [-0.25, -0.2) is 0 Å². The van der Waals surface area contributed by atoms with Crippen LogP contribution in [-0.4, -0.2) is 0 Å². The minimum atomic E-state index is 0.830. The van der Waals surface area contributed by atoms with Gasteiger partial charge in [0.25, 0.3) is 0 Å². The molecule has 0 heterocycles. The summed E-state index contributed by atoms with van der Waals surface area (Å²) in [4.78, 5) is 0. The van der Waals surface area contributed by atoms with Gasteiger partial charge >= 0.3 is 0 Å². The first kappa shape index (κ1) is 21.0. The maximum Gasteiger partial charge on any atom is -0.0327 e. The Hall–Kier alpha value is 0. The lowest BCUT2D eigenvalue weighted by Gasteiger charge is -2.19. The maximum absolute atomic E-state index is 2.67. The fourth-order valence-electron chi connectivity index (χ4n) is 3.25. The minimum absolute atomic E-state index is 0.830. The molecule has 0 spiro atoms. The Morgan fingerprint density at radius 2 is 1.10 bits per heavy atom. The summed E-state index contributed by atoms with van der Waals surface area (Å²) < 4.78 is 0. The van der Waals surface area contributed by atoms with Crippen LogP contribution in [0.5, 0.6) is 0 Å². The fourth-order valence-corrected chi connectivity index (χ4v) is 3.25. The first-order chi connectivity index (χ1) is 10.2. The summed E-state index contributed by atoms with van der Waals surface area (Å²) in [6, 6.07) is 0. The van der Waals surface area contributed by atoms with Crippen molar-refractivity contribution < 1.29 is 0 Å². The second-order valence-electron chi connectivity index (χ2n) is 7.10. The van der Waals surface area contributed by atoms with Crippen molar-refractivity contribution in [3.8, 4) is 0 Å². The fraction of sp³-hybridized carbons (Fsp3) is 0.952. The van der Waals surface area contributed by atoms with Crippen molar-refractivity contribution in [2.45, 2.75) is 118 Å². The topological polar surface area (TPSA) is 0 Å². The Labute approximate surface area is 136 Å². The zero-order valence-electron chi connectivity index (χ0n) is 15.6. The normalized spacial score (nSPS) is 14.3. The average molecular weight is 296 g/mol. The van der Waals surface area contributed by atoms with Crippen LogP contribution in [0.15, 0.2) is 0 Å². The quantitative estimate of drug-likeness (QED) is 0.253. The Balaban J connectivity index is 3.52. The molecule has 0 heteroatoms. The number of hydrogen-bond donors (Lipinski definition) is 0. The molecular weight excluding hydrogens is 252 g/mol. The molecule has 0 aliphatic carbocycles. The first-order valence-electron chi connectivity index (χ1n) is 10.1. The van der Waals surface area contributed by atoms with Crippen LogP contribution in [0.1, 0.15) is 118 Å². The van der Waals surface area contributed by atoms with Gasteiger partial charge in [-0.3, -0.25) is 0 Å². The third kappa shape index (κ3) is 14.7.